The maximum atomic E-state index is 11.5. The second kappa shape index (κ2) is 6.05. The first-order valence-electron chi connectivity index (χ1n) is 7.26. The molecule has 0 saturated carbocycles. The normalized spacial score (nSPS) is 17.5. The molecule has 3 rings (SSSR count). The number of carbonyl (C=O) groups is 1. The van der Waals surface area contributed by atoms with Gasteiger partial charge in [0.1, 0.15) is 17.5 Å². The third-order valence-electron chi connectivity index (χ3n) is 3.69. The Kier molecular flexibility index (Phi) is 3.95. The van der Waals surface area contributed by atoms with Crippen molar-refractivity contribution in [1.82, 2.24) is 24.8 Å². The Hall–Kier alpha value is -2.57. The Bertz CT molecular complexity index is 675. The molecule has 22 heavy (non-hydrogen) atoms. The average molecular weight is 298 g/mol. The number of rotatable bonds is 3. The highest BCUT2D eigenvalue weighted by atomic mass is 16.2. The molecule has 0 spiro atoms. The topological polar surface area (TPSA) is 83.9 Å². The van der Waals surface area contributed by atoms with E-state index < -0.39 is 0 Å². The van der Waals surface area contributed by atoms with Gasteiger partial charge >= 0.3 is 0 Å². The number of amides is 1. The quantitative estimate of drug-likeness (QED) is 0.927. The summed E-state index contributed by atoms with van der Waals surface area (Å²) >= 11 is 0. The van der Waals surface area contributed by atoms with Crippen molar-refractivity contribution in [2.24, 2.45) is 0 Å². The predicted octanol–water partition coefficient (Wildman–Crippen LogP) is 1.65. The second-order valence-corrected chi connectivity index (χ2v) is 5.42. The van der Waals surface area contributed by atoms with Crippen molar-refractivity contribution in [3.8, 4) is 0 Å². The fourth-order valence-electron chi connectivity index (χ4n) is 2.59. The monoisotopic (exact) mass is 298 g/mol. The fraction of sp³-hybridized carbons (Fsp3) is 0.400. The van der Waals surface area contributed by atoms with E-state index in [1.165, 1.54) is 0 Å². The summed E-state index contributed by atoms with van der Waals surface area (Å²) in [5, 5.41) is 3.14. The lowest BCUT2D eigenvalue weighted by Gasteiger charge is -2.14. The molecule has 1 fully saturated rings. The van der Waals surface area contributed by atoms with E-state index in [0.29, 0.717) is 18.2 Å². The van der Waals surface area contributed by atoms with Crippen LogP contribution in [0.5, 0.6) is 0 Å². The maximum absolute atomic E-state index is 11.5. The Labute approximate surface area is 128 Å². The molecule has 7 nitrogen and oxygen atoms in total. The summed E-state index contributed by atoms with van der Waals surface area (Å²) in [5.41, 5.74) is 0.887. The minimum atomic E-state index is 0.105. The minimum absolute atomic E-state index is 0.105. The Morgan fingerprint density at radius 2 is 2.18 bits per heavy atom. The van der Waals surface area contributed by atoms with Crippen LogP contribution in [0.25, 0.3) is 0 Å². The number of likely N-dealkylation sites (tertiary alicyclic amines) is 1. The summed E-state index contributed by atoms with van der Waals surface area (Å²) < 4.78 is 0. The van der Waals surface area contributed by atoms with Crippen LogP contribution in [0.3, 0.4) is 0 Å². The molecule has 3 heterocycles. The maximum Gasteiger partial charge on any atom is 0.219 e. The fourth-order valence-corrected chi connectivity index (χ4v) is 2.59. The summed E-state index contributed by atoms with van der Waals surface area (Å²) in [6, 6.07) is 1.87. The van der Waals surface area contributed by atoms with E-state index in [4.69, 9.17) is 0 Å². The standard InChI is InChI=1S/C15H18N6O/c1-10-7-13(19-14-8-16-4-5-17-14)20-15(18-10)12-3-6-21(9-12)11(2)22/h4-5,7-8,12H,3,6,9H2,1-2H3,(H,17,18,19,20). The van der Waals surface area contributed by atoms with E-state index in [-0.39, 0.29) is 11.8 Å². The van der Waals surface area contributed by atoms with Crippen LogP contribution in [0.4, 0.5) is 11.6 Å². The van der Waals surface area contributed by atoms with E-state index in [1.807, 2.05) is 17.9 Å². The molecule has 1 unspecified atom stereocenters. The van der Waals surface area contributed by atoms with Crippen molar-refractivity contribution in [2.45, 2.75) is 26.2 Å². The summed E-state index contributed by atoms with van der Waals surface area (Å²) in [6.07, 6.45) is 5.79. The molecule has 114 valence electrons. The summed E-state index contributed by atoms with van der Waals surface area (Å²) in [5.74, 6) is 2.40. The van der Waals surface area contributed by atoms with Crippen LogP contribution in [0, 0.1) is 6.92 Å². The van der Waals surface area contributed by atoms with Gasteiger partial charge in [-0.05, 0) is 13.3 Å². The number of aryl methyl sites for hydroxylation is 1. The zero-order valence-corrected chi connectivity index (χ0v) is 12.7. The highest BCUT2D eigenvalue weighted by molar-refractivity contribution is 5.73. The largest absolute Gasteiger partial charge is 0.342 e. The van der Waals surface area contributed by atoms with Crippen molar-refractivity contribution in [2.75, 3.05) is 18.4 Å². The number of carbonyl (C=O) groups excluding carboxylic acids is 1. The smallest absolute Gasteiger partial charge is 0.219 e. The van der Waals surface area contributed by atoms with E-state index in [9.17, 15) is 4.79 Å². The van der Waals surface area contributed by atoms with Crippen LogP contribution < -0.4 is 5.32 Å². The van der Waals surface area contributed by atoms with Gasteiger partial charge in [-0.25, -0.2) is 15.0 Å². The highest BCUT2D eigenvalue weighted by Gasteiger charge is 2.27. The van der Waals surface area contributed by atoms with Gasteiger partial charge in [0, 0.05) is 50.1 Å². The number of aromatic nitrogens is 4. The van der Waals surface area contributed by atoms with Gasteiger partial charge in [-0.1, -0.05) is 0 Å². The van der Waals surface area contributed by atoms with Gasteiger partial charge in [0.2, 0.25) is 5.91 Å². The van der Waals surface area contributed by atoms with E-state index in [1.54, 1.807) is 25.5 Å². The molecule has 1 aliphatic heterocycles. The molecule has 1 amide bonds. The first-order valence-corrected chi connectivity index (χ1v) is 7.26. The summed E-state index contributed by atoms with van der Waals surface area (Å²) in [4.78, 5) is 30.6. The Balaban J connectivity index is 1.80. The third kappa shape index (κ3) is 3.19. The number of nitrogens with one attached hydrogen (secondary N) is 1. The summed E-state index contributed by atoms with van der Waals surface area (Å²) in [7, 11) is 0. The molecule has 0 aromatic carbocycles. The Morgan fingerprint density at radius 3 is 2.86 bits per heavy atom. The molecule has 1 saturated heterocycles. The SMILES string of the molecule is CC(=O)N1CCC(c2nc(C)cc(Nc3cnccn3)n2)C1. The molecular weight excluding hydrogens is 280 g/mol. The summed E-state index contributed by atoms with van der Waals surface area (Å²) in [6.45, 7) is 4.98. The lowest BCUT2D eigenvalue weighted by molar-refractivity contribution is -0.127. The minimum Gasteiger partial charge on any atom is -0.342 e. The van der Waals surface area contributed by atoms with Crippen LogP contribution >= 0.6 is 0 Å². The Morgan fingerprint density at radius 1 is 1.32 bits per heavy atom. The van der Waals surface area contributed by atoms with Gasteiger partial charge in [0.25, 0.3) is 0 Å². The van der Waals surface area contributed by atoms with Crippen molar-refractivity contribution in [1.29, 1.82) is 0 Å². The molecule has 1 atom stereocenters. The first-order chi connectivity index (χ1) is 10.6. The molecule has 0 radical (unpaired) electrons. The van der Waals surface area contributed by atoms with Crippen LogP contribution in [0.15, 0.2) is 24.7 Å². The van der Waals surface area contributed by atoms with Crippen LogP contribution in [0.2, 0.25) is 0 Å². The molecule has 0 aliphatic carbocycles. The van der Waals surface area contributed by atoms with Gasteiger partial charge in [-0.15, -0.1) is 0 Å². The van der Waals surface area contributed by atoms with E-state index in [2.05, 4.69) is 25.3 Å². The van der Waals surface area contributed by atoms with Crippen molar-refractivity contribution in [3.63, 3.8) is 0 Å². The number of hydrogen-bond acceptors (Lipinski definition) is 6. The number of nitrogens with zero attached hydrogens (tertiary/aromatic N) is 5. The first kappa shape index (κ1) is 14.4. The predicted molar refractivity (Wildman–Crippen MR) is 81.7 cm³/mol. The van der Waals surface area contributed by atoms with Gasteiger partial charge in [-0.3, -0.25) is 9.78 Å². The molecular formula is C15H18N6O. The van der Waals surface area contributed by atoms with E-state index >= 15 is 0 Å². The van der Waals surface area contributed by atoms with Gasteiger partial charge in [-0.2, -0.15) is 0 Å². The van der Waals surface area contributed by atoms with Gasteiger partial charge in [0.05, 0.1) is 6.20 Å². The van der Waals surface area contributed by atoms with E-state index in [0.717, 1.165) is 24.5 Å². The molecule has 1 N–H and O–H groups in total. The van der Waals surface area contributed by atoms with Gasteiger partial charge < -0.3 is 10.2 Å². The third-order valence-corrected chi connectivity index (χ3v) is 3.69. The van der Waals surface area contributed by atoms with Crippen molar-refractivity contribution >= 4 is 17.5 Å². The van der Waals surface area contributed by atoms with Gasteiger partial charge in [0.15, 0.2) is 0 Å². The highest BCUT2D eigenvalue weighted by Crippen LogP contribution is 2.26. The zero-order chi connectivity index (χ0) is 15.5. The molecule has 2 aromatic heterocycles. The van der Waals surface area contributed by atoms with Crippen LogP contribution in [-0.4, -0.2) is 43.8 Å². The van der Waals surface area contributed by atoms with Crippen molar-refractivity contribution < 1.29 is 4.79 Å². The average Bonchev–Trinajstić information content (AvgIpc) is 2.98. The molecule has 1 aliphatic rings. The molecule has 0 bridgehead atoms. The lowest BCUT2D eigenvalue weighted by atomic mass is 10.1. The van der Waals surface area contributed by atoms with Crippen LogP contribution in [0.1, 0.15) is 30.8 Å². The van der Waals surface area contributed by atoms with Crippen LogP contribution in [-0.2, 0) is 4.79 Å². The van der Waals surface area contributed by atoms with Crippen molar-refractivity contribution in [3.05, 3.63) is 36.2 Å². The second-order valence-electron chi connectivity index (χ2n) is 5.42. The number of anilines is 2. The lowest BCUT2D eigenvalue weighted by Crippen LogP contribution is -2.25. The number of hydrogen-bond donors (Lipinski definition) is 1. The molecule has 2 aromatic rings. The molecule has 7 heteroatoms. The zero-order valence-electron chi connectivity index (χ0n) is 12.7.